The summed E-state index contributed by atoms with van der Waals surface area (Å²) in [7, 11) is 0. The van der Waals surface area contributed by atoms with Crippen molar-refractivity contribution in [2.75, 3.05) is 16.0 Å². The number of rotatable bonds is 6. The Hall–Kier alpha value is -4.87. The highest BCUT2D eigenvalue weighted by Crippen LogP contribution is 2.32. The molecule has 1 aromatic carbocycles. The van der Waals surface area contributed by atoms with Crippen LogP contribution < -0.4 is 16.0 Å². The maximum absolute atomic E-state index is 12.7. The Bertz CT molecular complexity index is 1540. The van der Waals surface area contributed by atoms with Crippen molar-refractivity contribution in [1.29, 1.82) is 0 Å². The van der Waals surface area contributed by atoms with Crippen LogP contribution in [0.5, 0.6) is 0 Å². The predicted molar refractivity (Wildman–Crippen MR) is 139 cm³/mol. The molecule has 3 heterocycles. The maximum atomic E-state index is 12.7. The lowest BCUT2D eigenvalue weighted by Gasteiger charge is -2.12. The van der Waals surface area contributed by atoms with Crippen LogP contribution in [0.15, 0.2) is 67.4 Å². The second-order valence-corrected chi connectivity index (χ2v) is 9.05. The molecule has 0 bridgehead atoms. The molecule has 5 rings (SSSR count). The van der Waals surface area contributed by atoms with Gasteiger partial charge in [0.05, 0.1) is 17.6 Å². The molecule has 3 amide bonds. The lowest BCUT2D eigenvalue weighted by Crippen LogP contribution is -2.20. The lowest BCUT2D eigenvalue weighted by molar-refractivity contribution is -0.141. The summed E-state index contributed by atoms with van der Waals surface area (Å²) in [4.78, 5) is 40.7. The molecule has 4 aromatic rings. The molecular formula is C27H22F3N7O2. The summed E-state index contributed by atoms with van der Waals surface area (Å²) in [5.74, 6) is 0.412. The molecule has 1 aliphatic rings. The van der Waals surface area contributed by atoms with E-state index in [0.29, 0.717) is 22.8 Å². The fraction of sp³-hybridized carbons (Fsp3) is 0.185. The molecule has 0 unspecified atom stereocenters. The smallest absolute Gasteiger partial charge is 0.310 e. The number of aromatic nitrogens is 4. The molecule has 0 spiro atoms. The number of halogens is 3. The van der Waals surface area contributed by atoms with Crippen LogP contribution in [0.1, 0.15) is 24.1 Å². The molecule has 0 aliphatic heterocycles. The molecule has 1 aliphatic carbocycles. The van der Waals surface area contributed by atoms with E-state index >= 15 is 0 Å². The first-order chi connectivity index (χ1) is 18.7. The van der Waals surface area contributed by atoms with Gasteiger partial charge < -0.3 is 16.0 Å². The minimum atomic E-state index is -4.56. The second kappa shape index (κ2) is 10.5. The monoisotopic (exact) mass is 533 g/mol. The summed E-state index contributed by atoms with van der Waals surface area (Å²) in [6.07, 6.45) is 2.86. The van der Waals surface area contributed by atoms with Gasteiger partial charge in [0.25, 0.3) is 0 Å². The van der Waals surface area contributed by atoms with E-state index < -0.39 is 17.9 Å². The Labute approximate surface area is 220 Å². The average Bonchev–Trinajstić information content (AvgIpc) is 3.76. The Morgan fingerprint density at radius 3 is 2.31 bits per heavy atom. The number of nitrogens with one attached hydrogen (secondary N) is 3. The zero-order valence-corrected chi connectivity index (χ0v) is 20.6. The third-order valence-electron chi connectivity index (χ3n) is 6.02. The quantitative estimate of drug-likeness (QED) is 0.283. The number of alkyl halides is 3. The van der Waals surface area contributed by atoms with Crippen molar-refractivity contribution in [2.24, 2.45) is 5.92 Å². The van der Waals surface area contributed by atoms with Gasteiger partial charge in [-0.3, -0.25) is 9.78 Å². The Balaban J connectivity index is 1.31. The standard InChI is InChI=1S/C27H22F3N7O2/c1-15-2-5-19(35-26(39)36-20-6-7-23(32-13-20)27(28,29)30)9-21(15)17-8-18(12-31-11-17)22-10-24(34-14-33-22)37-25(38)16-3-4-16/h2,5-14,16H,3-4H2,1H3,(H2,35,36,39)(H,33,34,37,38). The second-order valence-electron chi connectivity index (χ2n) is 9.05. The highest BCUT2D eigenvalue weighted by atomic mass is 19.4. The number of pyridine rings is 2. The number of aryl methyl sites for hydroxylation is 1. The number of carbonyl (C=O) groups excluding carboxylic acids is 2. The Kier molecular flexibility index (Phi) is 6.92. The van der Waals surface area contributed by atoms with Crippen molar-refractivity contribution in [3.8, 4) is 22.4 Å². The van der Waals surface area contributed by atoms with Crippen molar-refractivity contribution in [1.82, 2.24) is 19.9 Å². The SMILES string of the molecule is Cc1ccc(NC(=O)Nc2ccc(C(F)(F)F)nc2)cc1-c1cncc(-c2cc(NC(=O)C3CC3)ncn2)c1. The Morgan fingerprint density at radius 2 is 1.59 bits per heavy atom. The first-order valence-electron chi connectivity index (χ1n) is 12.0. The van der Waals surface area contributed by atoms with Gasteiger partial charge in [0.15, 0.2) is 0 Å². The zero-order valence-electron chi connectivity index (χ0n) is 20.6. The molecule has 3 N–H and O–H groups in total. The molecule has 39 heavy (non-hydrogen) atoms. The average molecular weight is 534 g/mol. The first kappa shape index (κ1) is 25.8. The third kappa shape index (κ3) is 6.35. The third-order valence-corrected chi connectivity index (χ3v) is 6.02. The van der Waals surface area contributed by atoms with Crippen LogP contribution in [0.3, 0.4) is 0 Å². The van der Waals surface area contributed by atoms with Crippen LogP contribution in [0.25, 0.3) is 22.4 Å². The predicted octanol–water partition coefficient (Wildman–Crippen LogP) is 5.92. The minimum absolute atomic E-state index is 0.0472. The van der Waals surface area contributed by atoms with E-state index in [1.807, 2.05) is 19.1 Å². The molecule has 1 saturated carbocycles. The van der Waals surface area contributed by atoms with Crippen molar-refractivity contribution in [3.05, 3.63) is 78.6 Å². The van der Waals surface area contributed by atoms with Gasteiger partial charge >= 0.3 is 12.2 Å². The highest BCUT2D eigenvalue weighted by molar-refractivity contribution is 6.00. The molecule has 0 radical (unpaired) electrons. The number of anilines is 3. The number of hydrogen-bond donors (Lipinski definition) is 3. The van der Waals surface area contributed by atoms with Gasteiger partial charge in [-0.05, 0) is 61.2 Å². The summed E-state index contributed by atoms with van der Waals surface area (Å²) in [5, 5.41) is 7.96. The number of amides is 3. The van der Waals surface area contributed by atoms with E-state index in [2.05, 4.69) is 35.9 Å². The number of urea groups is 1. The summed E-state index contributed by atoms with van der Waals surface area (Å²) in [6.45, 7) is 1.91. The topological polar surface area (TPSA) is 122 Å². The zero-order chi connectivity index (χ0) is 27.6. The first-order valence-corrected chi connectivity index (χ1v) is 12.0. The van der Waals surface area contributed by atoms with Crippen LogP contribution in [-0.4, -0.2) is 31.9 Å². The normalized spacial score (nSPS) is 13.0. The number of benzene rings is 1. The van der Waals surface area contributed by atoms with E-state index in [-0.39, 0.29) is 17.5 Å². The lowest BCUT2D eigenvalue weighted by atomic mass is 9.99. The van der Waals surface area contributed by atoms with Gasteiger partial charge in [-0.25, -0.2) is 19.7 Å². The summed E-state index contributed by atoms with van der Waals surface area (Å²) >= 11 is 0. The van der Waals surface area contributed by atoms with Crippen LogP contribution in [0.4, 0.5) is 35.2 Å². The van der Waals surface area contributed by atoms with Crippen molar-refractivity contribution in [2.45, 2.75) is 25.9 Å². The van der Waals surface area contributed by atoms with Crippen LogP contribution >= 0.6 is 0 Å². The van der Waals surface area contributed by atoms with Crippen molar-refractivity contribution in [3.63, 3.8) is 0 Å². The van der Waals surface area contributed by atoms with Gasteiger partial charge in [0, 0.05) is 41.2 Å². The van der Waals surface area contributed by atoms with E-state index in [0.717, 1.165) is 47.9 Å². The highest BCUT2D eigenvalue weighted by Gasteiger charge is 2.32. The van der Waals surface area contributed by atoms with Crippen molar-refractivity contribution < 1.29 is 22.8 Å². The fourth-order valence-electron chi connectivity index (χ4n) is 3.82. The number of nitrogens with zero attached hydrogens (tertiary/aromatic N) is 4. The summed E-state index contributed by atoms with van der Waals surface area (Å²) in [6, 6.07) is 10.2. The van der Waals surface area contributed by atoms with Crippen LogP contribution in [0, 0.1) is 12.8 Å². The molecule has 3 aromatic heterocycles. The van der Waals surface area contributed by atoms with E-state index in [4.69, 9.17) is 0 Å². The molecule has 12 heteroatoms. The fourth-order valence-corrected chi connectivity index (χ4v) is 3.82. The summed E-state index contributed by atoms with van der Waals surface area (Å²) in [5.41, 5.74) is 3.32. The van der Waals surface area contributed by atoms with Gasteiger partial charge in [-0.15, -0.1) is 0 Å². The molecule has 1 fully saturated rings. The largest absolute Gasteiger partial charge is 0.433 e. The summed E-state index contributed by atoms with van der Waals surface area (Å²) < 4.78 is 38.1. The molecule has 0 atom stereocenters. The minimum Gasteiger partial charge on any atom is -0.310 e. The molecule has 9 nitrogen and oxygen atoms in total. The molecule has 198 valence electrons. The maximum Gasteiger partial charge on any atom is 0.433 e. The van der Waals surface area contributed by atoms with Gasteiger partial charge in [0.1, 0.15) is 17.8 Å². The van der Waals surface area contributed by atoms with Gasteiger partial charge in [-0.1, -0.05) is 6.07 Å². The van der Waals surface area contributed by atoms with E-state index in [1.54, 1.807) is 30.6 Å². The van der Waals surface area contributed by atoms with E-state index in [9.17, 15) is 22.8 Å². The molecular weight excluding hydrogens is 511 g/mol. The van der Waals surface area contributed by atoms with Gasteiger partial charge in [0.2, 0.25) is 5.91 Å². The van der Waals surface area contributed by atoms with Crippen LogP contribution in [0.2, 0.25) is 0 Å². The Morgan fingerprint density at radius 1 is 0.846 bits per heavy atom. The number of hydrogen-bond acceptors (Lipinski definition) is 6. The van der Waals surface area contributed by atoms with E-state index in [1.165, 1.54) is 6.33 Å². The number of carbonyl (C=O) groups is 2. The van der Waals surface area contributed by atoms with Gasteiger partial charge in [-0.2, -0.15) is 13.2 Å². The molecule has 0 saturated heterocycles. The van der Waals surface area contributed by atoms with Crippen LogP contribution in [-0.2, 0) is 11.0 Å². The van der Waals surface area contributed by atoms with Crippen molar-refractivity contribution >= 4 is 29.1 Å².